The number of benzene rings is 2. The maximum absolute atomic E-state index is 12.6. The SMILES string of the molecule is Cc1nnn(C)c1-c1cnc2c3ccc4c(c3n([C@H](c3ccccc3)C3CCOCC3)c2c1)COC4=O. The van der Waals surface area contributed by atoms with Gasteiger partial charge in [0.05, 0.1) is 39.5 Å². The number of aryl methyl sites for hydroxylation is 2. The lowest BCUT2D eigenvalue weighted by molar-refractivity contribution is 0.0532. The van der Waals surface area contributed by atoms with E-state index in [0.29, 0.717) is 11.5 Å². The molecule has 0 bridgehead atoms. The normalized spacial score (nSPS) is 16.9. The van der Waals surface area contributed by atoms with Crippen LogP contribution in [0.3, 0.4) is 0 Å². The van der Waals surface area contributed by atoms with E-state index in [-0.39, 0.29) is 18.6 Å². The molecule has 8 heteroatoms. The first kappa shape index (κ1) is 22.2. The number of aromatic nitrogens is 5. The van der Waals surface area contributed by atoms with Crippen molar-refractivity contribution in [3.05, 3.63) is 77.1 Å². The van der Waals surface area contributed by atoms with E-state index in [1.165, 1.54) is 5.56 Å². The second kappa shape index (κ2) is 8.52. The zero-order chi connectivity index (χ0) is 25.1. The van der Waals surface area contributed by atoms with Crippen LogP contribution in [0.4, 0.5) is 0 Å². The summed E-state index contributed by atoms with van der Waals surface area (Å²) in [6.45, 7) is 3.73. The van der Waals surface area contributed by atoms with Crippen molar-refractivity contribution in [3.8, 4) is 11.3 Å². The monoisotopic (exact) mass is 493 g/mol. The van der Waals surface area contributed by atoms with Crippen LogP contribution in [-0.4, -0.2) is 43.7 Å². The lowest BCUT2D eigenvalue weighted by Gasteiger charge is -2.33. The third-order valence-corrected chi connectivity index (χ3v) is 7.87. The van der Waals surface area contributed by atoms with E-state index in [4.69, 9.17) is 14.5 Å². The van der Waals surface area contributed by atoms with Gasteiger partial charge in [0.1, 0.15) is 6.61 Å². The van der Waals surface area contributed by atoms with E-state index in [2.05, 4.69) is 51.3 Å². The number of hydrogen-bond donors (Lipinski definition) is 0. The van der Waals surface area contributed by atoms with E-state index in [1.807, 2.05) is 32.3 Å². The van der Waals surface area contributed by atoms with Gasteiger partial charge in [-0.3, -0.25) is 4.98 Å². The molecule has 7 rings (SSSR count). The van der Waals surface area contributed by atoms with Crippen LogP contribution < -0.4 is 0 Å². The summed E-state index contributed by atoms with van der Waals surface area (Å²) in [7, 11) is 1.90. The Morgan fingerprint density at radius 3 is 2.65 bits per heavy atom. The Morgan fingerprint density at radius 1 is 1.08 bits per heavy atom. The minimum atomic E-state index is -0.263. The van der Waals surface area contributed by atoms with Crippen molar-refractivity contribution in [2.24, 2.45) is 13.0 Å². The largest absolute Gasteiger partial charge is 0.457 e. The lowest BCUT2D eigenvalue weighted by atomic mass is 9.86. The minimum Gasteiger partial charge on any atom is -0.457 e. The summed E-state index contributed by atoms with van der Waals surface area (Å²) in [6.07, 6.45) is 3.82. The van der Waals surface area contributed by atoms with Gasteiger partial charge in [-0.15, -0.1) is 5.10 Å². The lowest BCUT2D eigenvalue weighted by Crippen LogP contribution is -2.27. The van der Waals surface area contributed by atoms with Crippen molar-refractivity contribution >= 4 is 27.9 Å². The predicted octanol–water partition coefficient (Wildman–Crippen LogP) is 4.98. The molecular formula is C29H27N5O3. The molecule has 37 heavy (non-hydrogen) atoms. The third kappa shape index (κ3) is 3.39. The topological polar surface area (TPSA) is 84.1 Å². The van der Waals surface area contributed by atoms with Gasteiger partial charge in [-0.05, 0) is 49.4 Å². The Morgan fingerprint density at radius 2 is 1.89 bits per heavy atom. The van der Waals surface area contributed by atoms with Gasteiger partial charge in [0.2, 0.25) is 0 Å². The fourth-order valence-electron chi connectivity index (χ4n) is 6.21. The van der Waals surface area contributed by atoms with Gasteiger partial charge >= 0.3 is 5.97 Å². The molecule has 2 aliphatic rings. The van der Waals surface area contributed by atoms with Crippen molar-refractivity contribution in [2.45, 2.75) is 32.4 Å². The average Bonchev–Trinajstić information content (AvgIpc) is 3.58. The molecule has 0 unspecified atom stereocenters. The number of nitrogens with zero attached hydrogens (tertiary/aromatic N) is 5. The van der Waals surface area contributed by atoms with E-state index in [9.17, 15) is 4.79 Å². The van der Waals surface area contributed by atoms with Crippen molar-refractivity contribution in [3.63, 3.8) is 0 Å². The van der Waals surface area contributed by atoms with Gasteiger partial charge in [-0.2, -0.15) is 0 Å². The van der Waals surface area contributed by atoms with Gasteiger partial charge < -0.3 is 14.0 Å². The van der Waals surface area contributed by atoms with Crippen molar-refractivity contribution < 1.29 is 14.3 Å². The first-order valence-corrected chi connectivity index (χ1v) is 12.7. The summed E-state index contributed by atoms with van der Waals surface area (Å²) in [4.78, 5) is 17.6. The second-order valence-electron chi connectivity index (χ2n) is 9.98. The maximum Gasteiger partial charge on any atom is 0.338 e. The predicted molar refractivity (Wildman–Crippen MR) is 139 cm³/mol. The molecule has 5 heterocycles. The molecule has 2 aromatic carbocycles. The Kier molecular flexibility index (Phi) is 5.11. The zero-order valence-corrected chi connectivity index (χ0v) is 20.8. The van der Waals surface area contributed by atoms with E-state index in [0.717, 1.165) is 70.5 Å². The highest BCUT2D eigenvalue weighted by Crippen LogP contribution is 2.43. The van der Waals surface area contributed by atoms with Crippen LogP contribution in [0.5, 0.6) is 0 Å². The smallest absolute Gasteiger partial charge is 0.338 e. The number of carbonyl (C=O) groups excluding carboxylic acids is 1. The molecule has 1 atom stereocenters. The number of cyclic esters (lactones) is 1. The fourth-order valence-corrected chi connectivity index (χ4v) is 6.21. The minimum absolute atomic E-state index is 0.0510. The highest BCUT2D eigenvalue weighted by Gasteiger charge is 2.33. The van der Waals surface area contributed by atoms with Crippen molar-refractivity contribution in [1.29, 1.82) is 0 Å². The number of fused-ring (bicyclic) bond motifs is 5. The van der Waals surface area contributed by atoms with Crippen molar-refractivity contribution in [2.75, 3.05) is 13.2 Å². The number of ether oxygens (including phenoxy) is 2. The standard InChI is InChI=1S/C29H27N5O3/c1-17-26(33(2)32-31-17)20-14-24-25(30-15-20)22-9-8-21-23(16-37-29(21)35)28(22)34(24)27(18-6-4-3-5-7-18)19-10-12-36-13-11-19/h3-9,14-15,19,27H,10-13,16H2,1-2H3/t27-/m1/s1. The maximum atomic E-state index is 12.6. The van der Waals surface area contributed by atoms with Crippen molar-refractivity contribution in [1.82, 2.24) is 24.5 Å². The fraction of sp³-hybridized carbons (Fsp3) is 0.310. The summed E-state index contributed by atoms with van der Waals surface area (Å²) in [5.74, 6) is 0.105. The summed E-state index contributed by atoms with van der Waals surface area (Å²) in [6, 6.07) is 16.8. The molecule has 0 amide bonds. The van der Waals surface area contributed by atoms with Gasteiger partial charge in [0.15, 0.2) is 0 Å². The van der Waals surface area contributed by atoms with Gasteiger partial charge in [0.25, 0.3) is 0 Å². The van der Waals surface area contributed by atoms with E-state index >= 15 is 0 Å². The molecule has 1 fully saturated rings. The van der Waals surface area contributed by atoms with Gasteiger partial charge in [-0.1, -0.05) is 35.5 Å². The first-order chi connectivity index (χ1) is 18.1. The van der Waals surface area contributed by atoms with Crippen LogP contribution in [0.2, 0.25) is 0 Å². The van der Waals surface area contributed by atoms with Crippen LogP contribution in [0.15, 0.2) is 54.7 Å². The second-order valence-corrected chi connectivity index (χ2v) is 9.98. The molecule has 0 spiro atoms. The number of pyridine rings is 1. The zero-order valence-electron chi connectivity index (χ0n) is 20.8. The molecule has 0 aliphatic carbocycles. The first-order valence-electron chi connectivity index (χ1n) is 12.7. The highest BCUT2D eigenvalue weighted by molar-refractivity contribution is 6.11. The third-order valence-electron chi connectivity index (χ3n) is 7.87. The van der Waals surface area contributed by atoms with Crippen LogP contribution >= 0.6 is 0 Å². The van der Waals surface area contributed by atoms with Crippen LogP contribution in [0.1, 0.15) is 46.1 Å². The Bertz CT molecular complexity index is 1640. The molecule has 3 aromatic heterocycles. The average molecular weight is 494 g/mol. The molecule has 0 saturated carbocycles. The Hall–Kier alpha value is -4.04. The molecule has 8 nitrogen and oxygen atoms in total. The van der Waals surface area contributed by atoms with Gasteiger partial charge in [-0.25, -0.2) is 9.48 Å². The van der Waals surface area contributed by atoms with E-state index < -0.39 is 0 Å². The summed E-state index contributed by atoms with van der Waals surface area (Å²) < 4.78 is 15.5. The molecule has 2 aliphatic heterocycles. The number of esters is 1. The summed E-state index contributed by atoms with van der Waals surface area (Å²) in [5, 5.41) is 9.51. The Labute approximate surface area is 213 Å². The number of rotatable bonds is 4. The highest BCUT2D eigenvalue weighted by atomic mass is 16.5. The van der Waals surface area contributed by atoms with Gasteiger partial charge in [0, 0.05) is 43.0 Å². The molecule has 186 valence electrons. The molecule has 0 N–H and O–H groups in total. The summed E-state index contributed by atoms with van der Waals surface area (Å²) in [5.41, 5.74) is 8.55. The van der Waals surface area contributed by atoms with Crippen LogP contribution in [0, 0.1) is 12.8 Å². The molecule has 0 radical (unpaired) electrons. The van der Waals surface area contributed by atoms with Crippen LogP contribution in [-0.2, 0) is 23.1 Å². The van der Waals surface area contributed by atoms with E-state index in [1.54, 1.807) is 4.68 Å². The summed E-state index contributed by atoms with van der Waals surface area (Å²) >= 11 is 0. The molecular weight excluding hydrogens is 466 g/mol. The van der Waals surface area contributed by atoms with Crippen LogP contribution in [0.25, 0.3) is 33.2 Å². The quantitative estimate of drug-likeness (QED) is 0.328. The molecule has 5 aromatic rings. The Balaban J connectivity index is 1.59. The molecule has 1 saturated heterocycles. The number of carbonyl (C=O) groups is 1. The number of hydrogen-bond acceptors (Lipinski definition) is 6.